The third kappa shape index (κ3) is 5.65. The maximum atomic E-state index is 11.7. The van der Waals surface area contributed by atoms with Gasteiger partial charge in [-0.2, -0.15) is 0 Å². The van der Waals surface area contributed by atoms with Crippen LogP contribution in [0.4, 0.5) is 0 Å². The summed E-state index contributed by atoms with van der Waals surface area (Å²) >= 11 is 0. The first-order chi connectivity index (χ1) is 11.4. The number of carbonyl (C=O) groups is 3. The second-order valence-electron chi connectivity index (χ2n) is 5.38. The van der Waals surface area contributed by atoms with Crippen molar-refractivity contribution in [2.24, 2.45) is 0 Å². The van der Waals surface area contributed by atoms with Gasteiger partial charge in [0.05, 0.1) is 11.5 Å². The zero-order valence-corrected chi connectivity index (χ0v) is 13.7. The molecule has 1 heterocycles. The Hall–Kier alpha value is -2.42. The molecule has 0 aliphatic carbocycles. The van der Waals surface area contributed by atoms with Gasteiger partial charge in [-0.05, 0) is 18.6 Å². The molecule has 1 aliphatic heterocycles. The highest BCUT2D eigenvalue weighted by Gasteiger charge is 2.29. The van der Waals surface area contributed by atoms with Crippen LogP contribution in [0, 0.1) is 0 Å². The summed E-state index contributed by atoms with van der Waals surface area (Å²) in [5, 5.41) is 4.88. The first-order valence-corrected chi connectivity index (χ1v) is 9.16. The maximum absolute atomic E-state index is 11.7. The van der Waals surface area contributed by atoms with Crippen LogP contribution in [0.3, 0.4) is 0 Å². The summed E-state index contributed by atoms with van der Waals surface area (Å²) < 4.78 is 27.3. The molecule has 0 bridgehead atoms. The Labute approximate surface area is 139 Å². The lowest BCUT2D eigenvalue weighted by Crippen LogP contribution is -2.39. The number of benzene rings is 1. The van der Waals surface area contributed by atoms with Crippen molar-refractivity contribution < 1.29 is 27.5 Å². The number of amides is 2. The van der Waals surface area contributed by atoms with Crippen molar-refractivity contribution in [1.82, 2.24) is 10.6 Å². The molecule has 8 nitrogen and oxygen atoms in total. The van der Waals surface area contributed by atoms with E-state index in [1.165, 1.54) is 0 Å². The monoisotopic (exact) mass is 354 g/mol. The first-order valence-electron chi connectivity index (χ1n) is 7.34. The minimum Gasteiger partial charge on any atom is -0.454 e. The molecule has 0 unspecified atom stereocenters. The Kier molecular flexibility index (Phi) is 5.91. The second-order valence-corrected chi connectivity index (χ2v) is 7.61. The number of ether oxygens (including phenoxy) is 1. The largest absolute Gasteiger partial charge is 0.454 e. The maximum Gasteiger partial charge on any atom is 0.325 e. The van der Waals surface area contributed by atoms with E-state index < -0.39 is 40.3 Å². The minimum absolute atomic E-state index is 0.0449. The number of rotatable bonds is 6. The van der Waals surface area contributed by atoms with Gasteiger partial charge in [-0.3, -0.25) is 14.4 Å². The highest BCUT2D eigenvalue weighted by atomic mass is 32.2. The van der Waals surface area contributed by atoms with Crippen molar-refractivity contribution in [2.45, 2.75) is 12.5 Å². The van der Waals surface area contributed by atoms with Gasteiger partial charge in [-0.1, -0.05) is 18.2 Å². The minimum atomic E-state index is -3.09. The summed E-state index contributed by atoms with van der Waals surface area (Å²) in [4.78, 5) is 34.8. The normalized spacial score (nSPS) is 18.6. The average molecular weight is 354 g/mol. The SMILES string of the molecule is O=C(COC(=O)CNC(=O)c1ccccc1)N[C@@H]1CCS(=O)(=O)C1. The quantitative estimate of drug-likeness (QED) is 0.650. The van der Waals surface area contributed by atoms with Gasteiger partial charge in [-0.25, -0.2) is 8.42 Å². The second kappa shape index (κ2) is 7.91. The van der Waals surface area contributed by atoms with Crippen LogP contribution in [0.15, 0.2) is 30.3 Å². The fraction of sp³-hybridized carbons (Fsp3) is 0.400. The number of hydrogen-bond donors (Lipinski definition) is 2. The number of carbonyl (C=O) groups excluding carboxylic acids is 3. The Morgan fingerprint density at radius 3 is 2.50 bits per heavy atom. The highest BCUT2D eigenvalue weighted by Crippen LogP contribution is 2.10. The lowest BCUT2D eigenvalue weighted by atomic mass is 10.2. The lowest BCUT2D eigenvalue weighted by Gasteiger charge is -2.11. The molecule has 2 rings (SSSR count). The molecule has 1 aliphatic rings. The standard InChI is InChI=1S/C15H18N2O6S/c18-13(17-12-6-7-24(21,22)10-12)9-23-14(19)8-16-15(20)11-4-2-1-3-5-11/h1-5,12H,6-10H2,(H,16,20)(H,17,18)/t12-/m1/s1. The molecule has 1 aromatic rings. The first kappa shape index (κ1) is 17.9. The number of esters is 1. The molecule has 24 heavy (non-hydrogen) atoms. The van der Waals surface area contributed by atoms with Gasteiger partial charge in [0.25, 0.3) is 11.8 Å². The van der Waals surface area contributed by atoms with E-state index in [-0.39, 0.29) is 18.1 Å². The average Bonchev–Trinajstić information content (AvgIpc) is 2.90. The van der Waals surface area contributed by atoms with E-state index in [9.17, 15) is 22.8 Å². The Bertz CT molecular complexity index is 717. The molecule has 130 valence electrons. The van der Waals surface area contributed by atoms with Gasteiger partial charge in [0.1, 0.15) is 6.54 Å². The smallest absolute Gasteiger partial charge is 0.325 e. The molecule has 2 N–H and O–H groups in total. The predicted octanol–water partition coefficient (Wildman–Crippen LogP) is -0.737. The molecule has 1 saturated heterocycles. The van der Waals surface area contributed by atoms with E-state index in [4.69, 9.17) is 4.74 Å². The van der Waals surface area contributed by atoms with Gasteiger partial charge < -0.3 is 15.4 Å². The molecule has 1 atom stereocenters. The van der Waals surface area contributed by atoms with Crippen LogP contribution in [0.1, 0.15) is 16.8 Å². The third-order valence-electron chi connectivity index (χ3n) is 3.39. The van der Waals surface area contributed by atoms with Crippen LogP contribution in [0.25, 0.3) is 0 Å². The summed E-state index contributed by atoms with van der Waals surface area (Å²) in [5.41, 5.74) is 0.408. The fourth-order valence-electron chi connectivity index (χ4n) is 2.22. The van der Waals surface area contributed by atoms with Crippen LogP contribution in [0.5, 0.6) is 0 Å². The van der Waals surface area contributed by atoms with Crippen molar-refractivity contribution in [3.05, 3.63) is 35.9 Å². The summed E-state index contributed by atoms with van der Waals surface area (Å²) in [6.07, 6.45) is 0.356. The lowest BCUT2D eigenvalue weighted by molar-refractivity contribution is -0.147. The topological polar surface area (TPSA) is 119 Å². The number of sulfone groups is 1. The van der Waals surface area contributed by atoms with Crippen molar-refractivity contribution in [3.8, 4) is 0 Å². The summed E-state index contributed by atoms with van der Waals surface area (Å²) in [6, 6.07) is 7.91. The van der Waals surface area contributed by atoms with Crippen LogP contribution in [0.2, 0.25) is 0 Å². The van der Waals surface area contributed by atoms with E-state index in [2.05, 4.69) is 10.6 Å². The predicted molar refractivity (Wildman–Crippen MR) is 84.9 cm³/mol. The van der Waals surface area contributed by atoms with E-state index in [1.54, 1.807) is 30.3 Å². The van der Waals surface area contributed by atoms with Gasteiger partial charge >= 0.3 is 5.97 Å². The Balaban J connectivity index is 1.66. The molecule has 0 spiro atoms. The molecule has 0 radical (unpaired) electrons. The van der Waals surface area contributed by atoms with Crippen LogP contribution >= 0.6 is 0 Å². The van der Waals surface area contributed by atoms with Gasteiger partial charge in [-0.15, -0.1) is 0 Å². The van der Waals surface area contributed by atoms with Crippen molar-refractivity contribution in [2.75, 3.05) is 24.7 Å². The molecular weight excluding hydrogens is 336 g/mol. The van der Waals surface area contributed by atoms with E-state index in [0.717, 1.165) is 0 Å². The highest BCUT2D eigenvalue weighted by molar-refractivity contribution is 7.91. The zero-order chi connectivity index (χ0) is 17.6. The molecule has 0 aromatic heterocycles. The molecule has 1 fully saturated rings. The van der Waals surface area contributed by atoms with Gasteiger partial charge in [0, 0.05) is 11.6 Å². The zero-order valence-electron chi connectivity index (χ0n) is 12.9. The molecule has 1 aromatic carbocycles. The van der Waals surface area contributed by atoms with Gasteiger partial charge in [0.15, 0.2) is 16.4 Å². The number of hydrogen-bond acceptors (Lipinski definition) is 6. The summed E-state index contributed by atoms with van der Waals surface area (Å²) in [5.74, 6) is -1.80. The molecule has 0 saturated carbocycles. The molecule has 9 heteroatoms. The van der Waals surface area contributed by atoms with Crippen molar-refractivity contribution >= 4 is 27.6 Å². The Morgan fingerprint density at radius 2 is 1.88 bits per heavy atom. The fourth-order valence-corrected chi connectivity index (χ4v) is 3.89. The van der Waals surface area contributed by atoms with E-state index in [0.29, 0.717) is 12.0 Å². The van der Waals surface area contributed by atoms with E-state index >= 15 is 0 Å². The van der Waals surface area contributed by atoms with Crippen LogP contribution in [-0.2, 0) is 24.2 Å². The molecule has 2 amide bonds. The van der Waals surface area contributed by atoms with Crippen molar-refractivity contribution in [1.29, 1.82) is 0 Å². The summed E-state index contributed by atoms with van der Waals surface area (Å²) in [6.45, 7) is -0.880. The number of nitrogens with one attached hydrogen (secondary N) is 2. The Morgan fingerprint density at radius 1 is 1.17 bits per heavy atom. The van der Waals surface area contributed by atoms with Crippen LogP contribution < -0.4 is 10.6 Å². The van der Waals surface area contributed by atoms with E-state index in [1.807, 2.05) is 0 Å². The van der Waals surface area contributed by atoms with Gasteiger partial charge in [0.2, 0.25) is 0 Å². The van der Waals surface area contributed by atoms with Crippen molar-refractivity contribution in [3.63, 3.8) is 0 Å². The molecular formula is C15H18N2O6S. The summed E-state index contributed by atoms with van der Waals surface area (Å²) in [7, 11) is -3.09. The third-order valence-corrected chi connectivity index (χ3v) is 5.16. The van der Waals surface area contributed by atoms with Crippen LogP contribution in [-0.4, -0.2) is 56.9 Å².